The fourth-order valence-corrected chi connectivity index (χ4v) is 6.83. The summed E-state index contributed by atoms with van der Waals surface area (Å²) in [6.45, 7) is 1.04. The minimum absolute atomic E-state index is 0.0757. The zero-order valence-corrected chi connectivity index (χ0v) is 31.3. The number of pyridine rings is 2. The Kier molecular flexibility index (Phi) is 13.9. The summed E-state index contributed by atoms with van der Waals surface area (Å²) in [4.78, 5) is 88.9. The molecule has 1 atom stereocenters. The molecular formula is C40H45N7O9. The quantitative estimate of drug-likeness (QED) is 0.0627. The molecular weight excluding hydrogens is 722 g/mol. The third-order valence-electron chi connectivity index (χ3n) is 9.60. The Hall–Kier alpha value is -6.58. The monoisotopic (exact) mass is 767 g/mol. The van der Waals surface area contributed by atoms with Crippen molar-refractivity contribution in [3.05, 3.63) is 82.5 Å². The van der Waals surface area contributed by atoms with Gasteiger partial charge in [0.05, 0.1) is 30.2 Å². The number of carboxylic acid groups (broad SMARTS) is 1. The number of hydrogen-bond acceptors (Lipinski definition) is 11. The maximum Gasteiger partial charge on any atom is 0.290 e. The summed E-state index contributed by atoms with van der Waals surface area (Å²) in [6.07, 6.45) is 10.9. The van der Waals surface area contributed by atoms with Gasteiger partial charge in [-0.1, -0.05) is 31.7 Å². The Morgan fingerprint density at radius 2 is 1.68 bits per heavy atom. The topological polar surface area (TPSA) is 218 Å². The number of aromatic nitrogens is 2. The number of methoxy groups -OCH3 is 1. The van der Waals surface area contributed by atoms with Gasteiger partial charge in [-0.05, 0) is 60.5 Å². The lowest BCUT2D eigenvalue weighted by Gasteiger charge is -2.27. The van der Waals surface area contributed by atoms with Crippen LogP contribution in [0.3, 0.4) is 0 Å². The van der Waals surface area contributed by atoms with E-state index in [9.17, 15) is 28.8 Å². The molecule has 0 bridgehead atoms. The molecule has 294 valence electrons. The molecule has 1 fully saturated rings. The van der Waals surface area contributed by atoms with Crippen molar-refractivity contribution in [1.29, 1.82) is 0 Å². The maximum atomic E-state index is 13.3. The van der Waals surface area contributed by atoms with Gasteiger partial charge in [0.2, 0.25) is 17.7 Å². The van der Waals surface area contributed by atoms with Crippen molar-refractivity contribution in [3.63, 3.8) is 0 Å². The van der Waals surface area contributed by atoms with Crippen LogP contribution in [0.2, 0.25) is 0 Å². The highest BCUT2D eigenvalue weighted by Crippen LogP contribution is 2.33. The van der Waals surface area contributed by atoms with Crippen molar-refractivity contribution in [1.82, 2.24) is 25.1 Å². The number of fused-ring (bicyclic) bond motifs is 2. The number of anilines is 2. The Morgan fingerprint density at radius 3 is 2.41 bits per heavy atom. The summed E-state index contributed by atoms with van der Waals surface area (Å²) in [5.74, 6) is -1.58. The molecule has 5 amide bonds. The van der Waals surface area contributed by atoms with Crippen LogP contribution in [0.5, 0.6) is 5.75 Å². The SMILES string of the molecule is COc1cc(NCC(=O)NCCCCCCCCNc2cccc3c2C(=O)N(C2CCC(=O)NC2=O)C3=O)cc(-c2cn(C)c(=O)c3cnccc23)c1.O=CO. The Balaban J connectivity index is 0.00000194. The molecule has 56 heavy (non-hydrogen) atoms. The van der Waals surface area contributed by atoms with Gasteiger partial charge < -0.3 is 30.4 Å². The molecule has 0 aliphatic carbocycles. The van der Waals surface area contributed by atoms with Crippen LogP contribution in [0.4, 0.5) is 11.4 Å². The van der Waals surface area contributed by atoms with E-state index in [1.54, 1.807) is 50.9 Å². The predicted octanol–water partition coefficient (Wildman–Crippen LogP) is 3.69. The average Bonchev–Trinajstić information content (AvgIpc) is 3.45. The third-order valence-corrected chi connectivity index (χ3v) is 9.60. The van der Waals surface area contributed by atoms with Gasteiger partial charge in [0, 0.05) is 68.2 Å². The maximum absolute atomic E-state index is 13.3. The van der Waals surface area contributed by atoms with Crippen molar-refractivity contribution in [2.24, 2.45) is 7.05 Å². The number of nitrogens with zero attached hydrogens (tertiary/aromatic N) is 3. The summed E-state index contributed by atoms with van der Waals surface area (Å²) >= 11 is 0. The highest BCUT2D eigenvalue weighted by molar-refractivity contribution is 6.25. The molecule has 5 N–H and O–H groups in total. The van der Waals surface area contributed by atoms with Crippen LogP contribution in [0.1, 0.15) is 72.1 Å². The fourth-order valence-electron chi connectivity index (χ4n) is 6.83. The molecule has 1 unspecified atom stereocenters. The summed E-state index contributed by atoms with van der Waals surface area (Å²) in [5, 5.41) is 19.9. The molecule has 0 saturated carbocycles. The van der Waals surface area contributed by atoms with E-state index >= 15 is 0 Å². The molecule has 16 nitrogen and oxygen atoms in total. The second-order valence-electron chi connectivity index (χ2n) is 13.4. The first-order valence-electron chi connectivity index (χ1n) is 18.4. The van der Waals surface area contributed by atoms with Crippen LogP contribution in [-0.2, 0) is 26.2 Å². The van der Waals surface area contributed by atoms with Crippen molar-refractivity contribution in [2.75, 3.05) is 37.4 Å². The first-order valence-corrected chi connectivity index (χ1v) is 18.4. The standard InChI is InChI=1S/C39H43N7O7.CH2O2/c1-45-23-30(27-14-17-40-21-29(27)37(45)50)24-18-25(20-26(19-24)53-2)43-22-34(48)42-16-8-6-4-3-5-7-15-41-31-11-9-10-28-35(31)39(52)46(38(28)51)32-12-13-33(47)44-36(32)49;2-1-3/h9-11,14,17-21,23,32,41,43H,3-8,12-13,15-16,22H2,1-2H3,(H,42,48)(H,44,47,49);1H,(H,2,3). The molecule has 4 aromatic rings. The van der Waals surface area contributed by atoms with Crippen LogP contribution < -0.4 is 31.6 Å². The number of carbonyl (C=O) groups is 6. The number of nitrogens with one attached hydrogen (secondary N) is 4. The lowest BCUT2D eigenvalue weighted by atomic mass is 10.0. The summed E-state index contributed by atoms with van der Waals surface area (Å²) in [5.41, 5.74) is 3.35. The van der Waals surface area contributed by atoms with Crippen LogP contribution >= 0.6 is 0 Å². The first kappa shape index (κ1) is 40.6. The van der Waals surface area contributed by atoms with Gasteiger partial charge in [-0.25, -0.2) is 0 Å². The van der Waals surface area contributed by atoms with E-state index in [4.69, 9.17) is 14.6 Å². The number of amides is 5. The van der Waals surface area contributed by atoms with Crippen molar-refractivity contribution in [3.8, 4) is 16.9 Å². The molecule has 2 aliphatic rings. The Bertz CT molecular complexity index is 2190. The molecule has 0 spiro atoms. The number of ether oxygens (including phenoxy) is 1. The molecule has 6 rings (SSSR count). The lowest BCUT2D eigenvalue weighted by Crippen LogP contribution is -2.54. The van der Waals surface area contributed by atoms with Gasteiger partial charge in [0.1, 0.15) is 11.8 Å². The van der Waals surface area contributed by atoms with E-state index in [-0.39, 0.29) is 48.5 Å². The molecule has 4 heterocycles. The third kappa shape index (κ3) is 9.55. The minimum Gasteiger partial charge on any atom is -0.497 e. The lowest BCUT2D eigenvalue weighted by molar-refractivity contribution is -0.136. The number of unbranched alkanes of at least 4 members (excludes halogenated alkanes) is 5. The minimum atomic E-state index is -0.994. The van der Waals surface area contributed by atoms with Crippen LogP contribution in [0.15, 0.2) is 65.8 Å². The number of piperidine rings is 1. The number of rotatable bonds is 16. The summed E-state index contributed by atoms with van der Waals surface area (Å²) in [7, 11) is 3.29. The number of imide groups is 2. The Labute approximate surface area is 322 Å². The number of benzene rings is 2. The zero-order valence-electron chi connectivity index (χ0n) is 31.3. The van der Waals surface area contributed by atoms with Crippen molar-refractivity contribution in [2.45, 2.75) is 57.4 Å². The Morgan fingerprint density at radius 1 is 0.946 bits per heavy atom. The molecule has 2 aromatic heterocycles. The van der Waals surface area contributed by atoms with Crippen LogP contribution in [0, 0.1) is 0 Å². The zero-order chi connectivity index (χ0) is 40.2. The van der Waals surface area contributed by atoms with E-state index in [0.717, 1.165) is 59.9 Å². The molecule has 1 saturated heterocycles. The summed E-state index contributed by atoms with van der Waals surface area (Å²) < 4.78 is 7.06. The fraction of sp³-hybridized carbons (Fsp3) is 0.350. The van der Waals surface area contributed by atoms with E-state index in [2.05, 4.69) is 26.3 Å². The van der Waals surface area contributed by atoms with Gasteiger partial charge in [0.25, 0.3) is 23.8 Å². The molecule has 0 radical (unpaired) electrons. The second kappa shape index (κ2) is 19.1. The second-order valence-corrected chi connectivity index (χ2v) is 13.4. The first-order chi connectivity index (χ1) is 27.1. The highest BCUT2D eigenvalue weighted by atomic mass is 16.5. The van der Waals surface area contributed by atoms with E-state index in [1.165, 1.54) is 4.57 Å². The summed E-state index contributed by atoms with van der Waals surface area (Å²) in [6, 6.07) is 11.5. The number of hydrogen-bond donors (Lipinski definition) is 5. The van der Waals surface area contributed by atoms with E-state index < -0.39 is 29.7 Å². The van der Waals surface area contributed by atoms with E-state index in [1.807, 2.05) is 24.3 Å². The van der Waals surface area contributed by atoms with Gasteiger partial charge in [-0.3, -0.25) is 48.8 Å². The molecule has 2 aromatic carbocycles. The normalized spacial score (nSPS) is 14.8. The van der Waals surface area contributed by atoms with Gasteiger partial charge >= 0.3 is 0 Å². The van der Waals surface area contributed by atoms with Crippen molar-refractivity contribution < 1.29 is 38.6 Å². The largest absolute Gasteiger partial charge is 0.497 e. The van der Waals surface area contributed by atoms with Crippen molar-refractivity contribution >= 4 is 58.2 Å². The number of aryl methyl sites for hydroxylation is 1. The van der Waals surface area contributed by atoms with Gasteiger partial charge in [0.15, 0.2) is 0 Å². The van der Waals surface area contributed by atoms with Crippen LogP contribution in [0.25, 0.3) is 21.9 Å². The average molecular weight is 768 g/mol. The van der Waals surface area contributed by atoms with E-state index in [0.29, 0.717) is 35.6 Å². The smallest absolute Gasteiger partial charge is 0.290 e. The number of carbonyl (C=O) groups excluding carboxylic acids is 5. The highest BCUT2D eigenvalue weighted by Gasteiger charge is 2.45. The van der Waals surface area contributed by atoms with Crippen LogP contribution in [-0.4, -0.2) is 88.4 Å². The molecule has 16 heteroatoms. The molecule has 2 aliphatic heterocycles. The van der Waals surface area contributed by atoms with Gasteiger partial charge in [-0.15, -0.1) is 0 Å². The predicted molar refractivity (Wildman–Crippen MR) is 208 cm³/mol. The van der Waals surface area contributed by atoms with Gasteiger partial charge in [-0.2, -0.15) is 0 Å².